The molecule has 0 aliphatic rings. The van der Waals surface area contributed by atoms with Crippen molar-refractivity contribution in [2.24, 2.45) is 0 Å². The molecule has 1 amide bonds. The summed E-state index contributed by atoms with van der Waals surface area (Å²) in [7, 11) is 1.61. The molecule has 27 heavy (non-hydrogen) atoms. The summed E-state index contributed by atoms with van der Waals surface area (Å²) in [6.07, 6.45) is 0.643. The van der Waals surface area contributed by atoms with Gasteiger partial charge in [-0.05, 0) is 48.9 Å². The smallest absolute Gasteiger partial charge is 0.227 e. The molecule has 0 aliphatic carbocycles. The van der Waals surface area contributed by atoms with Crippen LogP contribution in [0.2, 0.25) is 5.02 Å². The van der Waals surface area contributed by atoms with E-state index in [-0.39, 0.29) is 18.4 Å². The monoisotopic (exact) mass is 385 g/mol. The lowest BCUT2D eigenvalue weighted by molar-refractivity contribution is -0.121. The third-order valence-corrected chi connectivity index (χ3v) is 4.38. The quantitative estimate of drug-likeness (QED) is 0.659. The van der Waals surface area contributed by atoms with Crippen LogP contribution >= 0.6 is 11.6 Å². The fraction of sp³-hybridized carbons (Fsp3) is 0.250. The Labute approximate surface area is 162 Å². The molecular weight excluding hydrogens is 366 g/mol. The van der Waals surface area contributed by atoms with Gasteiger partial charge in [0.1, 0.15) is 5.75 Å². The first-order valence-corrected chi connectivity index (χ1v) is 8.95. The van der Waals surface area contributed by atoms with Gasteiger partial charge in [0.15, 0.2) is 0 Å². The van der Waals surface area contributed by atoms with E-state index in [0.717, 1.165) is 16.9 Å². The Morgan fingerprint density at radius 2 is 1.89 bits per heavy atom. The lowest BCUT2D eigenvalue weighted by atomic mass is 10.1. The Bertz CT molecular complexity index is 892. The predicted octanol–water partition coefficient (Wildman–Crippen LogP) is 4.21. The van der Waals surface area contributed by atoms with Crippen molar-refractivity contribution in [2.75, 3.05) is 7.11 Å². The van der Waals surface area contributed by atoms with Crippen LogP contribution in [-0.4, -0.2) is 23.2 Å². The second-order valence-electron chi connectivity index (χ2n) is 6.08. The highest BCUT2D eigenvalue weighted by Crippen LogP contribution is 2.20. The van der Waals surface area contributed by atoms with E-state index >= 15 is 0 Å². The number of rotatable bonds is 7. The van der Waals surface area contributed by atoms with Crippen molar-refractivity contribution in [3.8, 4) is 17.1 Å². The summed E-state index contributed by atoms with van der Waals surface area (Å²) in [5.41, 5.74) is 1.82. The Hall–Kier alpha value is -2.86. The third kappa shape index (κ3) is 5.08. The summed E-state index contributed by atoms with van der Waals surface area (Å²) >= 11 is 5.88. The van der Waals surface area contributed by atoms with Crippen molar-refractivity contribution >= 4 is 17.5 Å². The Morgan fingerprint density at radius 3 is 2.56 bits per heavy atom. The number of benzene rings is 2. The number of carbonyl (C=O) groups is 1. The van der Waals surface area contributed by atoms with Crippen LogP contribution in [0.4, 0.5) is 0 Å². The standard InChI is InChI=1S/C20H20ClN3O3/c1-13(14-3-7-16(21)8-4-14)22-18(25)11-12-19-23-20(24-27-19)15-5-9-17(26-2)10-6-15/h3-10,13H,11-12H2,1-2H3,(H,22,25). The molecule has 1 N–H and O–H groups in total. The predicted molar refractivity (Wildman–Crippen MR) is 103 cm³/mol. The van der Waals surface area contributed by atoms with E-state index in [1.165, 1.54) is 0 Å². The Kier molecular flexibility index (Phi) is 6.08. The molecule has 6 nitrogen and oxygen atoms in total. The molecule has 0 spiro atoms. The first-order chi connectivity index (χ1) is 13.0. The molecule has 0 radical (unpaired) electrons. The number of carbonyl (C=O) groups excluding carboxylic acids is 1. The molecule has 0 aliphatic heterocycles. The summed E-state index contributed by atoms with van der Waals surface area (Å²) in [5, 5.41) is 7.58. The summed E-state index contributed by atoms with van der Waals surface area (Å²) in [4.78, 5) is 16.5. The summed E-state index contributed by atoms with van der Waals surface area (Å²) < 4.78 is 10.4. The fourth-order valence-corrected chi connectivity index (χ4v) is 2.71. The van der Waals surface area contributed by atoms with Crippen LogP contribution in [0.25, 0.3) is 11.4 Å². The normalized spacial score (nSPS) is 11.8. The van der Waals surface area contributed by atoms with E-state index < -0.39 is 0 Å². The van der Waals surface area contributed by atoms with E-state index in [4.69, 9.17) is 20.9 Å². The highest BCUT2D eigenvalue weighted by atomic mass is 35.5. The maximum absolute atomic E-state index is 12.2. The van der Waals surface area contributed by atoms with Crippen LogP contribution < -0.4 is 10.1 Å². The van der Waals surface area contributed by atoms with Crippen molar-refractivity contribution in [3.63, 3.8) is 0 Å². The molecule has 0 fully saturated rings. The number of aryl methyl sites for hydroxylation is 1. The van der Waals surface area contributed by atoms with Gasteiger partial charge in [-0.1, -0.05) is 28.9 Å². The topological polar surface area (TPSA) is 77.2 Å². The van der Waals surface area contributed by atoms with Crippen LogP contribution in [0, 0.1) is 0 Å². The van der Waals surface area contributed by atoms with E-state index in [1.54, 1.807) is 19.2 Å². The number of methoxy groups -OCH3 is 1. The molecule has 1 unspecified atom stereocenters. The number of hydrogen-bond acceptors (Lipinski definition) is 5. The molecule has 0 saturated heterocycles. The number of nitrogens with zero attached hydrogens (tertiary/aromatic N) is 2. The maximum Gasteiger partial charge on any atom is 0.227 e. The Morgan fingerprint density at radius 1 is 1.19 bits per heavy atom. The third-order valence-electron chi connectivity index (χ3n) is 4.13. The number of aromatic nitrogens is 2. The summed E-state index contributed by atoms with van der Waals surface area (Å²) in [5.74, 6) is 1.59. The number of amides is 1. The van der Waals surface area contributed by atoms with Crippen molar-refractivity contribution in [2.45, 2.75) is 25.8 Å². The number of halogens is 1. The zero-order valence-corrected chi connectivity index (χ0v) is 15.9. The number of ether oxygens (including phenoxy) is 1. The van der Waals surface area contributed by atoms with Gasteiger partial charge in [0.05, 0.1) is 13.2 Å². The van der Waals surface area contributed by atoms with E-state index in [1.807, 2.05) is 43.3 Å². The minimum Gasteiger partial charge on any atom is -0.497 e. The molecule has 3 aromatic rings. The van der Waals surface area contributed by atoms with Gasteiger partial charge in [-0.15, -0.1) is 0 Å². The van der Waals surface area contributed by atoms with Gasteiger partial charge < -0.3 is 14.6 Å². The first kappa shape index (κ1) is 18.9. The van der Waals surface area contributed by atoms with Crippen LogP contribution in [0.5, 0.6) is 5.75 Å². The largest absolute Gasteiger partial charge is 0.497 e. The molecule has 3 rings (SSSR count). The van der Waals surface area contributed by atoms with Crippen LogP contribution in [0.15, 0.2) is 53.1 Å². The molecule has 0 saturated carbocycles. The molecular formula is C20H20ClN3O3. The molecule has 1 aromatic heterocycles. The lowest BCUT2D eigenvalue weighted by Gasteiger charge is -2.14. The molecule has 2 aromatic carbocycles. The van der Waals surface area contributed by atoms with Crippen LogP contribution in [-0.2, 0) is 11.2 Å². The second-order valence-corrected chi connectivity index (χ2v) is 6.52. The van der Waals surface area contributed by atoms with Crippen LogP contribution in [0.3, 0.4) is 0 Å². The van der Waals surface area contributed by atoms with E-state index in [9.17, 15) is 4.79 Å². The van der Waals surface area contributed by atoms with Gasteiger partial charge in [0.2, 0.25) is 17.6 Å². The average molecular weight is 386 g/mol. The lowest BCUT2D eigenvalue weighted by Crippen LogP contribution is -2.26. The van der Waals surface area contributed by atoms with Gasteiger partial charge >= 0.3 is 0 Å². The number of hydrogen-bond donors (Lipinski definition) is 1. The van der Waals surface area contributed by atoms with Crippen molar-refractivity contribution in [1.82, 2.24) is 15.5 Å². The second kappa shape index (κ2) is 8.68. The zero-order valence-electron chi connectivity index (χ0n) is 15.1. The molecule has 0 bridgehead atoms. The maximum atomic E-state index is 12.2. The van der Waals surface area contributed by atoms with Gasteiger partial charge in [0, 0.05) is 23.4 Å². The van der Waals surface area contributed by atoms with E-state index in [2.05, 4.69) is 15.5 Å². The highest BCUT2D eigenvalue weighted by Gasteiger charge is 2.13. The average Bonchev–Trinajstić information content (AvgIpc) is 3.16. The van der Waals surface area contributed by atoms with Gasteiger partial charge in [-0.3, -0.25) is 4.79 Å². The fourth-order valence-electron chi connectivity index (χ4n) is 2.58. The molecule has 7 heteroatoms. The molecule has 1 atom stereocenters. The van der Waals surface area contributed by atoms with Crippen molar-refractivity contribution < 1.29 is 14.1 Å². The van der Waals surface area contributed by atoms with Crippen molar-refractivity contribution in [1.29, 1.82) is 0 Å². The SMILES string of the molecule is COc1ccc(-c2noc(CCC(=O)NC(C)c3ccc(Cl)cc3)n2)cc1. The van der Waals surface area contributed by atoms with Crippen LogP contribution in [0.1, 0.15) is 30.8 Å². The number of nitrogens with one attached hydrogen (secondary N) is 1. The summed E-state index contributed by atoms with van der Waals surface area (Å²) in [6, 6.07) is 14.7. The van der Waals surface area contributed by atoms with Gasteiger partial charge in [-0.25, -0.2) is 0 Å². The zero-order chi connectivity index (χ0) is 19.2. The first-order valence-electron chi connectivity index (χ1n) is 8.57. The van der Waals surface area contributed by atoms with Crippen molar-refractivity contribution in [3.05, 3.63) is 65.0 Å². The van der Waals surface area contributed by atoms with Gasteiger partial charge in [-0.2, -0.15) is 4.98 Å². The van der Waals surface area contributed by atoms with E-state index in [0.29, 0.717) is 23.2 Å². The minimum absolute atomic E-state index is 0.0818. The Balaban J connectivity index is 1.53. The van der Waals surface area contributed by atoms with Gasteiger partial charge in [0.25, 0.3) is 0 Å². The highest BCUT2D eigenvalue weighted by molar-refractivity contribution is 6.30. The summed E-state index contributed by atoms with van der Waals surface area (Å²) in [6.45, 7) is 1.93. The molecule has 140 valence electrons. The molecule has 1 heterocycles. The minimum atomic E-state index is -0.104.